The maximum atomic E-state index is 11.9. The van der Waals surface area contributed by atoms with E-state index in [9.17, 15) is 18.0 Å². The van der Waals surface area contributed by atoms with Crippen molar-refractivity contribution in [3.63, 3.8) is 0 Å². The third kappa shape index (κ3) is 5.42. The lowest BCUT2D eigenvalue weighted by Crippen LogP contribution is -2.41. The minimum atomic E-state index is -4.70. The summed E-state index contributed by atoms with van der Waals surface area (Å²) in [4.78, 5) is 11.2. The molecule has 0 saturated heterocycles. The van der Waals surface area contributed by atoms with Gasteiger partial charge in [-0.05, 0) is 11.4 Å². The van der Waals surface area contributed by atoms with Crippen molar-refractivity contribution in [3.8, 4) is 0 Å². The van der Waals surface area contributed by atoms with Gasteiger partial charge in [-0.25, -0.2) is 0 Å². The molecule has 2 N–H and O–H groups in total. The number of alkyl halides is 3. The van der Waals surface area contributed by atoms with Gasteiger partial charge in [0.1, 0.15) is 0 Å². The second kappa shape index (κ2) is 6.27. The van der Waals surface area contributed by atoms with Crippen molar-refractivity contribution in [2.75, 3.05) is 12.3 Å². The largest absolute Gasteiger partial charge is 0.416 e. The molecule has 0 fully saturated rings. The Labute approximate surface area is 104 Å². The number of hydrogen-bond donors (Lipinski definition) is 2. The fourth-order valence-corrected chi connectivity index (χ4v) is 2.47. The molecule has 1 aromatic rings. The average molecular weight is 285 g/mol. The molecule has 8 heteroatoms. The molecular formula is C9H10F3NO2S2. The SMILES string of the molecule is O=C(CSc1cccs1)NCC(O)C(F)(F)F. The fourth-order valence-electron chi connectivity index (χ4n) is 0.860. The van der Waals surface area contributed by atoms with Crippen LogP contribution in [0.15, 0.2) is 21.7 Å². The first-order valence-electron chi connectivity index (χ1n) is 4.57. The van der Waals surface area contributed by atoms with Crippen LogP contribution in [0.4, 0.5) is 13.2 Å². The van der Waals surface area contributed by atoms with E-state index in [-0.39, 0.29) is 5.75 Å². The molecule has 0 saturated carbocycles. The first-order valence-corrected chi connectivity index (χ1v) is 6.44. The molecule has 0 aromatic carbocycles. The van der Waals surface area contributed by atoms with Gasteiger partial charge >= 0.3 is 6.18 Å². The molecule has 0 aliphatic heterocycles. The van der Waals surface area contributed by atoms with Gasteiger partial charge in [-0.15, -0.1) is 23.1 Å². The molecule has 0 bridgehead atoms. The number of rotatable bonds is 5. The van der Waals surface area contributed by atoms with Crippen LogP contribution in [0.25, 0.3) is 0 Å². The van der Waals surface area contributed by atoms with E-state index in [4.69, 9.17) is 5.11 Å². The van der Waals surface area contributed by atoms with E-state index in [1.54, 1.807) is 0 Å². The number of carbonyl (C=O) groups is 1. The Balaban J connectivity index is 2.22. The Morgan fingerprint density at radius 1 is 1.59 bits per heavy atom. The second-order valence-electron chi connectivity index (χ2n) is 3.08. The van der Waals surface area contributed by atoms with Gasteiger partial charge < -0.3 is 10.4 Å². The smallest absolute Gasteiger partial charge is 0.382 e. The van der Waals surface area contributed by atoms with Crippen LogP contribution in [0.5, 0.6) is 0 Å². The number of thiophene rings is 1. The van der Waals surface area contributed by atoms with Crippen LogP contribution in [0.3, 0.4) is 0 Å². The minimum Gasteiger partial charge on any atom is -0.382 e. The van der Waals surface area contributed by atoms with Crippen LogP contribution < -0.4 is 5.32 Å². The summed E-state index contributed by atoms with van der Waals surface area (Å²) < 4.78 is 36.6. The Bertz CT molecular complexity index is 354. The van der Waals surface area contributed by atoms with Crippen LogP contribution in [0, 0.1) is 0 Å². The van der Waals surface area contributed by atoms with E-state index in [0.29, 0.717) is 0 Å². The van der Waals surface area contributed by atoms with Crippen molar-refractivity contribution in [1.82, 2.24) is 5.32 Å². The molecule has 0 spiro atoms. The van der Waals surface area contributed by atoms with E-state index in [1.807, 2.05) is 22.8 Å². The summed E-state index contributed by atoms with van der Waals surface area (Å²) in [5.41, 5.74) is 0. The zero-order chi connectivity index (χ0) is 12.9. The van der Waals surface area contributed by atoms with Crippen LogP contribution in [0.1, 0.15) is 0 Å². The molecule has 1 rings (SSSR count). The lowest BCUT2D eigenvalue weighted by Gasteiger charge is -2.14. The minimum absolute atomic E-state index is 0.0328. The van der Waals surface area contributed by atoms with Gasteiger partial charge in [-0.3, -0.25) is 4.79 Å². The molecule has 1 heterocycles. The molecule has 1 atom stereocenters. The molecule has 0 aliphatic rings. The van der Waals surface area contributed by atoms with Crippen molar-refractivity contribution < 1.29 is 23.1 Å². The lowest BCUT2D eigenvalue weighted by atomic mass is 10.3. The van der Waals surface area contributed by atoms with Crippen molar-refractivity contribution in [2.24, 2.45) is 0 Å². The highest BCUT2D eigenvalue weighted by Gasteiger charge is 2.38. The van der Waals surface area contributed by atoms with Gasteiger partial charge in [0, 0.05) is 0 Å². The predicted molar refractivity (Wildman–Crippen MR) is 60.1 cm³/mol. The molecule has 0 radical (unpaired) electrons. The molecule has 96 valence electrons. The molecular weight excluding hydrogens is 275 g/mol. The van der Waals surface area contributed by atoms with E-state index < -0.39 is 24.7 Å². The molecule has 0 aliphatic carbocycles. The second-order valence-corrected chi connectivity index (χ2v) is 5.31. The summed E-state index contributed by atoms with van der Waals surface area (Å²) in [7, 11) is 0. The van der Waals surface area contributed by atoms with Crippen LogP contribution in [-0.2, 0) is 4.79 Å². The average Bonchev–Trinajstić information content (AvgIpc) is 2.74. The number of carbonyl (C=O) groups excluding carboxylic acids is 1. The van der Waals surface area contributed by atoms with Crippen LogP contribution in [0.2, 0.25) is 0 Å². The third-order valence-corrected chi connectivity index (χ3v) is 3.84. The summed E-state index contributed by atoms with van der Waals surface area (Å²) in [5.74, 6) is -0.503. The zero-order valence-corrected chi connectivity index (χ0v) is 10.2. The van der Waals surface area contributed by atoms with Gasteiger partial charge in [-0.2, -0.15) is 13.2 Å². The molecule has 3 nitrogen and oxygen atoms in total. The maximum Gasteiger partial charge on any atom is 0.416 e. The van der Waals surface area contributed by atoms with Crippen molar-refractivity contribution in [1.29, 1.82) is 0 Å². The summed E-state index contributed by atoms with van der Waals surface area (Å²) in [6.45, 7) is -0.812. The Morgan fingerprint density at radius 3 is 2.82 bits per heavy atom. The summed E-state index contributed by atoms with van der Waals surface area (Å²) in [5, 5.41) is 12.5. The van der Waals surface area contributed by atoms with E-state index >= 15 is 0 Å². The summed E-state index contributed by atoms with van der Waals surface area (Å²) in [6, 6.07) is 3.63. The van der Waals surface area contributed by atoms with Crippen molar-refractivity contribution in [3.05, 3.63) is 17.5 Å². The quantitative estimate of drug-likeness (QED) is 0.812. The first kappa shape index (κ1) is 14.3. The third-order valence-electron chi connectivity index (χ3n) is 1.71. The standard InChI is InChI=1S/C9H10F3NO2S2/c10-9(11,12)6(14)4-13-7(15)5-17-8-2-1-3-16-8/h1-3,6,14H,4-5H2,(H,13,15). The molecule has 1 unspecified atom stereocenters. The van der Waals surface area contributed by atoms with Gasteiger partial charge in [-0.1, -0.05) is 6.07 Å². The topological polar surface area (TPSA) is 49.3 Å². The summed E-state index contributed by atoms with van der Waals surface area (Å²) in [6.07, 6.45) is -7.22. The molecule has 1 aromatic heterocycles. The van der Waals surface area contributed by atoms with E-state index in [0.717, 1.165) is 4.21 Å². The summed E-state index contributed by atoms with van der Waals surface area (Å²) >= 11 is 2.69. The number of halogens is 3. The van der Waals surface area contributed by atoms with Gasteiger partial charge in [0.2, 0.25) is 5.91 Å². The van der Waals surface area contributed by atoms with Gasteiger partial charge in [0.05, 0.1) is 16.5 Å². The normalized spacial score (nSPS) is 13.4. The van der Waals surface area contributed by atoms with Crippen molar-refractivity contribution in [2.45, 2.75) is 16.5 Å². The van der Waals surface area contributed by atoms with Gasteiger partial charge in [0.15, 0.2) is 6.10 Å². The van der Waals surface area contributed by atoms with Crippen LogP contribution >= 0.6 is 23.1 Å². The fraction of sp³-hybridized carbons (Fsp3) is 0.444. The molecule has 17 heavy (non-hydrogen) atoms. The lowest BCUT2D eigenvalue weighted by molar-refractivity contribution is -0.201. The van der Waals surface area contributed by atoms with E-state index in [2.05, 4.69) is 0 Å². The van der Waals surface area contributed by atoms with Crippen molar-refractivity contribution >= 4 is 29.0 Å². The highest BCUT2D eigenvalue weighted by atomic mass is 32.2. The highest BCUT2D eigenvalue weighted by Crippen LogP contribution is 2.23. The van der Waals surface area contributed by atoms with E-state index in [1.165, 1.54) is 23.1 Å². The number of aliphatic hydroxyl groups excluding tert-OH is 1. The molecule has 1 amide bonds. The number of hydrogen-bond acceptors (Lipinski definition) is 4. The maximum absolute atomic E-state index is 11.9. The Morgan fingerprint density at radius 2 is 2.29 bits per heavy atom. The predicted octanol–water partition coefficient (Wildman–Crippen LogP) is 1.88. The number of thioether (sulfide) groups is 1. The monoisotopic (exact) mass is 285 g/mol. The Hall–Kier alpha value is -0.730. The zero-order valence-electron chi connectivity index (χ0n) is 8.53. The Kier molecular flexibility index (Phi) is 5.29. The van der Waals surface area contributed by atoms with Gasteiger partial charge in [0.25, 0.3) is 0 Å². The van der Waals surface area contributed by atoms with Crippen LogP contribution in [-0.4, -0.2) is 35.6 Å². The number of aliphatic hydroxyl groups is 1. The number of nitrogens with one attached hydrogen (secondary N) is 1. The highest BCUT2D eigenvalue weighted by molar-refractivity contribution is 8.01. The number of amides is 1. The first-order chi connectivity index (χ1) is 7.89.